The number of fused-ring (bicyclic) bond motifs is 1. The van der Waals surface area contributed by atoms with E-state index in [9.17, 15) is 22.7 Å². The fourth-order valence-corrected chi connectivity index (χ4v) is 3.30. The Morgan fingerprint density at radius 2 is 1.74 bits per heavy atom. The van der Waals surface area contributed by atoms with Gasteiger partial charge in [0, 0.05) is 5.39 Å². The molecule has 0 saturated carbocycles. The molecular weight excluding hydrogens is 412 g/mol. The lowest BCUT2D eigenvalue weighted by atomic mass is 9.93. The molecule has 1 atom stereocenters. The van der Waals surface area contributed by atoms with Crippen molar-refractivity contribution in [1.82, 2.24) is 9.78 Å². The van der Waals surface area contributed by atoms with E-state index in [-0.39, 0.29) is 5.75 Å². The van der Waals surface area contributed by atoms with Crippen molar-refractivity contribution in [2.45, 2.75) is 18.7 Å². The van der Waals surface area contributed by atoms with Crippen molar-refractivity contribution in [1.29, 1.82) is 0 Å². The van der Waals surface area contributed by atoms with Gasteiger partial charge in [0.25, 0.3) is 0 Å². The molecule has 4 rings (SSSR count). The summed E-state index contributed by atoms with van der Waals surface area (Å²) in [5.41, 5.74) is -1.83. The van der Waals surface area contributed by atoms with Crippen LogP contribution in [-0.2, 0) is 5.60 Å². The van der Waals surface area contributed by atoms with Crippen LogP contribution in [-0.4, -0.2) is 27.7 Å². The summed E-state index contributed by atoms with van der Waals surface area (Å²) in [7, 11) is 0. The monoisotopic (exact) mass is 430 g/mol. The number of alkyl halides is 3. The summed E-state index contributed by atoms with van der Waals surface area (Å²) in [5, 5.41) is 15.3. The van der Waals surface area contributed by atoms with Gasteiger partial charge in [0.05, 0.1) is 17.4 Å². The van der Waals surface area contributed by atoms with E-state index >= 15 is 0 Å². The molecule has 0 spiro atoms. The predicted molar refractivity (Wildman–Crippen MR) is 108 cm³/mol. The van der Waals surface area contributed by atoms with E-state index in [1.165, 1.54) is 36.5 Å². The molecule has 4 aromatic rings. The van der Waals surface area contributed by atoms with Crippen LogP contribution in [0, 0.1) is 12.7 Å². The molecule has 0 aliphatic carbocycles. The molecule has 0 aliphatic heterocycles. The molecule has 3 aromatic carbocycles. The Kier molecular flexibility index (Phi) is 5.18. The molecule has 8 heteroatoms. The van der Waals surface area contributed by atoms with Gasteiger partial charge < -0.3 is 9.84 Å². The molecule has 0 amide bonds. The average molecular weight is 430 g/mol. The van der Waals surface area contributed by atoms with Gasteiger partial charge in [-0.25, -0.2) is 9.07 Å². The molecule has 0 aliphatic rings. The van der Waals surface area contributed by atoms with Crippen LogP contribution < -0.4 is 4.74 Å². The predicted octanol–water partition coefficient (Wildman–Crippen LogP) is 5.30. The van der Waals surface area contributed by atoms with Gasteiger partial charge in [-0.15, -0.1) is 0 Å². The third-order valence-electron chi connectivity index (χ3n) is 5.04. The first-order chi connectivity index (χ1) is 14.7. The maximum atomic E-state index is 13.9. The first kappa shape index (κ1) is 20.9. The van der Waals surface area contributed by atoms with E-state index in [4.69, 9.17) is 4.74 Å². The van der Waals surface area contributed by atoms with Crippen molar-refractivity contribution in [3.63, 3.8) is 0 Å². The average Bonchev–Trinajstić information content (AvgIpc) is 3.17. The van der Waals surface area contributed by atoms with Gasteiger partial charge in [0.1, 0.15) is 6.61 Å². The quantitative estimate of drug-likeness (QED) is 0.437. The summed E-state index contributed by atoms with van der Waals surface area (Å²) < 4.78 is 62.3. The van der Waals surface area contributed by atoms with Gasteiger partial charge in [-0.3, -0.25) is 0 Å². The first-order valence-electron chi connectivity index (χ1n) is 9.41. The minimum atomic E-state index is -5.06. The van der Waals surface area contributed by atoms with Gasteiger partial charge >= 0.3 is 6.18 Å². The standard InChI is InChI=1S/C23H18F4N2O2/c1-15-7-9-19(24)21(11-15)31-14-22(30,23(25,26)27)17-8-10-20-16(12-17)13-28-29(20)18-5-3-2-4-6-18/h2-13,30H,14H2,1H3. The molecule has 1 unspecified atom stereocenters. The van der Waals surface area contributed by atoms with Crippen LogP contribution in [0.5, 0.6) is 5.75 Å². The first-order valence-corrected chi connectivity index (χ1v) is 9.41. The highest BCUT2D eigenvalue weighted by Crippen LogP contribution is 2.40. The van der Waals surface area contributed by atoms with Crippen LogP contribution in [0.1, 0.15) is 11.1 Å². The van der Waals surface area contributed by atoms with Crippen molar-refractivity contribution in [3.05, 3.63) is 89.9 Å². The van der Waals surface area contributed by atoms with Gasteiger partial charge in [0.2, 0.25) is 5.60 Å². The second-order valence-corrected chi connectivity index (χ2v) is 7.25. The van der Waals surface area contributed by atoms with E-state index in [1.807, 2.05) is 30.3 Å². The van der Waals surface area contributed by atoms with Crippen LogP contribution in [0.2, 0.25) is 0 Å². The third kappa shape index (κ3) is 3.86. The van der Waals surface area contributed by atoms with Gasteiger partial charge in [-0.05, 0) is 54.4 Å². The zero-order chi connectivity index (χ0) is 22.2. The molecule has 31 heavy (non-hydrogen) atoms. The van der Waals surface area contributed by atoms with E-state index in [2.05, 4.69) is 5.10 Å². The Morgan fingerprint density at radius 3 is 2.45 bits per heavy atom. The topological polar surface area (TPSA) is 47.3 Å². The number of halogens is 4. The zero-order valence-electron chi connectivity index (χ0n) is 16.4. The molecule has 0 fully saturated rings. The summed E-state index contributed by atoms with van der Waals surface area (Å²) in [6.07, 6.45) is -3.64. The number of hydrogen-bond donors (Lipinski definition) is 1. The fourth-order valence-electron chi connectivity index (χ4n) is 3.30. The number of nitrogens with zero attached hydrogens (tertiary/aromatic N) is 2. The second kappa shape index (κ2) is 7.70. The number of para-hydroxylation sites is 1. The van der Waals surface area contributed by atoms with Crippen molar-refractivity contribution in [3.8, 4) is 11.4 Å². The molecule has 160 valence electrons. The molecule has 0 bridgehead atoms. The number of ether oxygens (including phenoxy) is 1. The molecule has 1 aromatic heterocycles. The Morgan fingerprint density at radius 1 is 1.00 bits per heavy atom. The van der Waals surface area contributed by atoms with Crippen molar-refractivity contribution < 1.29 is 27.4 Å². The van der Waals surface area contributed by atoms with Crippen LogP contribution in [0.4, 0.5) is 17.6 Å². The van der Waals surface area contributed by atoms with Crippen molar-refractivity contribution >= 4 is 10.9 Å². The van der Waals surface area contributed by atoms with Gasteiger partial charge in [-0.1, -0.05) is 30.3 Å². The minimum Gasteiger partial charge on any atom is -0.487 e. The van der Waals surface area contributed by atoms with E-state index < -0.39 is 29.8 Å². The SMILES string of the molecule is Cc1ccc(F)c(OCC(O)(c2ccc3c(cnn3-c3ccccc3)c2)C(F)(F)F)c1. The second-order valence-electron chi connectivity index (χ2n) is 7.25. The zero-order valence-corrected chi connectivity index (χ0v) is 16.4. The number of hydrogen-bond acceptors (Lipinski definition) is 3. The highest BCUT2D eigenvalue weighted by molar-refractivity contribution is 5.81. The number of aliphatic hydroxyl groups is 1. The van der Waals surface area contributed by atoms with Crippen LogP contribution in [0.25, 0.3) is 16.6 Å². The number of rotatable bonds is 5. The van der Waals surface area contributed by atoms with Gasteiger partial charge in [-0.2, -0.15) is 18.3 Å². The summed E-state index contributed by atoms with van der Waals surface area (Å²) in [4.78, 5) is 0. The highest BCUT2D eigenvalue weighted by Gasteiger charge is 2.56. The van der Waals surface area contributed by atoms with Gasteiger partial charge in [0.15, 0.2) is 11.6 Å². The Hall–Kier alpha value is -3.39. The number of aromatic nitrogens is 2. The Labute approximate surface area is 175 Å². The lowest BCUT2D eigenvalue weighted by Gasteiger charge is -2.31. The maximum absolute atomic E-state index is 13.9. The normalized spacial score (nSPS) is 13.9. The van der Waals surface area contributed by atoms with E-state index in [0.717, 1.165) is 11.8 Å². The summed E-state index contributed by atoms with van der Waals surface area (Å²) in [5.74, 6) is -1.17. The largest absolute Gasteiger partial charge is 0.487 e. The molecule has 0 radical (unpaired) electrons. The highest BCUT2D eigenvalue weighted by atomic mass is 19.4. The molecule has 4 nitrogen and oxygen atoms in total. The number of aryl methyl sites for hydroxylation is 1. The summed E-state index contributed by atoms with van der Waals surface area (Å²) in [6.45, 7) is 0.454. The van der Waals surface area contributed by atoms with Crippen molar-refractivity contribution in [2.24, 2.45) is 0 Å². The van der Waals surface area contributed by atoms with Crippen molar-refractivity contribution in [2.75, 3.05) is 6.61 Å². The molecular formula is C23H18F4N2O2. The van der Waals surface area contributed by atoms with Crippen LogP contribution >= 0.6 is 0 Å². The van der Waals surface area contributed by atoms with Crippen LogP contribution in [0.15, 0.2) is 72.9 Å². The molecule has 0 saturated heterocycles. The molecule has 1 N–H and O–H groups in total. The lowest BCUT2D eigenvalue weighted by Crippen LogP contribution is -2.47. The Balaban J connectivity index is 1.71. The molecule has 1 heterocycles. The van der Waals surface area contributed by atoms with E-state index in [1.54, 1.807) is 11.6 Å². The number of benzene rings is 3. The summed E-state index contributed by atoms with van der Waals surface area (Å²) >= 11 is 0. The van der Waals surface area contributed by atoms with E-state index in [0.29, 0.717) is 16.5 Å². The minimum absolute atomic E-state index is 0.361. The smallest absolute Gasteiger partial charge is 0.424 e. The maximum Gasteiger partial charge on any atom is 0.424 e. The Bertz CT molecular complexity index is 1220. The third-order valence-corrected chi connectivity index (χ3v) is 5.04. The lowest BCUT2D eigenvalue weighted by molar-refractivity contribution is -0.275. The van der Waals surface area contributed by atoms with Crippen LogP contribution in [0.3, 0.4) is 0 Å². The fraction of sp³-hybridized carbons (Fsp3) is 0.174. The summed E-state index contributed by atoms with van der Waals surface area (Å²) in [6, 6.07) is 16.8.